The lowest BCUT2D eigenvalue weighted by Gasteiger charge is -2.34. The molecule has 1 aliphatic rings. The smallest absolute Gasteiger partial charge is 0.190 e. The lowest BCUT2D eigenvalue weighted by molar-refractivity contribution is 0.139. The highest BCUT2D eigenvalue weighted by molar-refractivity contribution is 14.0. The van der Waals surface area contributed by atoms with E-state index in [0.717, 1.165) is 74.7 Å². The van der Waals surface area contributed by atoms with Gasteiger partial charge in [0.15, 0.2) is 5.96 Å². The second kappa shape index (κ2) is 11.7. The van der Waals surface area contributed by atoms with Crippen molar-refractivity contribution in [2.75, 3.05) is 59.9 Å². The molecular weight excluding hydrogens is 482 g/mol. The van der Waals surface area contributed by atoms with Crippen molar-refractivity contribution in [3.63, 3.8) is 0 Å². The Balaban J connectivity index is 0.00000300. The third kappa shape index (κ3) is 7.11. The molecule has 0 spiro atoms. The number of halogens is 2. The van der Waals surface area contributed by atoms with Crippen molar-refractivity contribution in [1.29, 1.82) is 0 Å². The number of H-pyrrole nitrogens is 1. The second-order valence-corrected chi connectivity index (χ2v) is 7.84. The minimum atomic E-state index is -0.201. The number of benzene rings is 1. The summed E-state index contributed by atoms with van der Waals surface area (Å²) in [6.45, 7) is 9.64. The molecule has 1 aliphatic heterocycles. The molecule has 0 aliphatic carbocycles. The number of nitrogens with zero attached hydrogens (tertiary/aromatic N) is 3. The third-order valence-electron chi connectivity index (χ3n) is 5.42. The average Bonchev–Trinajstić information content (AvgIpc) is 3.08. The van der Waals surface area contributed by atoms with Gasteiger partial charge in [-0.25, -0.2) is 4.39 Å². The number of guanidine groups is 1. The van der Waals surface area contributed by atoms with E-state index in [1.807, 2.05) is 6.20 Å². The zero-order valence-electron chi connectivity index (χ0n) is 17.7. The molecule has 6 nitrogen and oxygen atoms in total. The summed E-state index contributed by atoms with van der Waals surface area (Å²) in [4.78, 5) is 12.4. The lowest BCUT2D eigenvalue weighted by atomic mass is 10.1. The van der Waals surface area contributed by atoms with Crippen LogP contribution in [-0.2, 0) is 6.42 Å². The van der Waals surface area contributed by atoms with Crippen LogP contribution in [0.15, 0.2) is 29.4 Å². The monoisotopic (exact) mass is 516 g/mol. The molecule has 29 heavy (non-hydrogen) atoms. The fourth-order valence-corrected chi connectivity index (χ4v) is 3.70. The molecule has 0 saturated carbocycles. The minimum absolute atomic E-state index is 0. The van der Waals surface area contributed by atoms with Gasteiger partial charge < -0.3 is 25.4 Å². The van der Waals surface area contributed by atoms with Crippen molar-refractivity contribution < 1.29 is 4.39 Å². The van der Waals surface area contributed by atoms with Gasteiger partial charge in [0.2, 0.25) is 0 Å². The number of aliphatic imine (C=N–C) groups is 1. The summed E-state index contributed by atoms with van der Waals surface area (Å²) in [6, 6.07) is 4.86. The molecule has 1 unspecified atom stereocenters. The maximum absolute atomic E-state index is 13.5. The normalized spacial score (nSPS) is 17.2. The van der Waals surface area contributed by atoms with Crippen LogP contribution in [0.5, 0.6) is 0 Å². The van der Waals surface area contributed by atoms with Crippen molar-refractivity contribution in [1.82, 2.24) is 25.4 Å². The highest BCUT2D eigenvalue weighted by Gasteiger charge is 2.16. The van der Waals surface area contributed by atoms with Crippen LogP contribution in [0.25, 0.3) is 10.9 Å². The summed E-state index contributed by atoms with van der Waals surface area (Å²) in [5.41, 5.74) is 2.08. The van der Waals surface area contributed by atoms with E-state index in [9.17, 15) is 4.39 Å². The summed E-state index contributed by atoms with van der Waals surface area (Å²) >= 11 is 0. The van der Waals surface area contributed by atoms with Crippen LogP contribution >= 0.6 is 24.0 Å². The fraction of sp³-hybridized carbons (Fsp3) is 0.571. The number of fused-ring (bicyclic) bond motifs is 1. The first-order valence-corrected chi connectivity index (χ1v) is 10.2. The van der Waals surface area contributed by atoms with E-state index in [0.29, 0.717) is 5.92 Å². The van der Waals surface area contributed by atoms with E-state index >= 15 is 0 Å². The summed E-state index contributed by atoms with van der Waals surface area (Å²) in [7, 11) is 3.98. The summed E-state index contributed by atoms with van der Waals surface area (Å²) < 4.78 is 13.5. The largest absolute Gasteiger partial charge is 0.361 e. The molecule has 3 N–H and O–H groups in total. The highest BCUT2D eigenvalue weighted by atomic mass is 127. The topological polar surface area (TPSA) is 58.7 Å². The van der Waals surface area contributed by atoms with Gasteiger partial charge in [0, 0.05) is 70.0 Å². The molecule has 162 valence electrons. The van der Waals surface area contributed by atoms with Gasteiger partial charge >= 0.3 is 0 Å². The Bertz CT molecular complexity index is 785. The van der Waals surface area contributed by atoms with Gasteiger partial charge in [-0.05, 0) is 43.1 Å². The fourth-order valence-electron chi connectivity index (χ4n) is 3.70. The molecule has 3 rings (SSSR count). The summed E-state index contributed by atoms with van der Waals surface area (Å²) in [6.07, 6.45) is 2.76. The number of hydrogen-bond donors (Lipinski definition) is 3. The Kier molecular flexibility index (Phi) is 9.64. The van der Waals surface area contributed by atoms with E-state index in [1.54, 1.807) is 19.2 Å². The molecule has 0 bridgehead atoms. The van der Waals surface area contributed by atoms with Crippen molar-refractivity contribution >= 4 is 40.8 Å². The van der Waals surface area contributed by atoms with Crippen molar-refractivity contribution in [2.24, 2.45) is 10.9 Å². The number of nitrogens with one attached hydrogen (secondary N) is 3. The van der Waals surface area contributed by atoms with Crippen LogP contribution in [-0.4, -0.2) is 80.7 Å². The first-order chi connectivity index (χ1) is 13.5. The van der Waals surface area contributed by atoms with Gasteiger partial charge in [0.1, 0.15) is 5.82 Å². The van der Waals surface area contributed by atoms with Crippen LogP contribution < -0.4 is 10.6 Å². The van der Waals surface area contributed by atoms with Crippen molar-refractivity contribution in [3.05, 3.63) is 35.8 Å². The van der Waals surface area contributed by atoms with Crippen LogP contribution in [0.3, 0.4) is 0 Å². The van der Waals surface area contributed by atoms with Crippen molar-refractivity contribution in [3.8, 4) is 0 Å². The van der Waals surface area contributed by atoms with Gasteiger partial charge in [-0.3, -0.25) is 4.99 Å². The molecule has 1 aromatic carbocycles. The summed E-state index contributed by atoms with van der Waals surface area (Å²) in [5.74, 6) is 1.17. The number of likely N-dealkylation sites (N-methyl/N-ethyl adjacent to an activating group) is 1. The zero-order valence-corrected chi connectivity index (χ0v) is 20.0. The van der Waals surface area contributed by atoms with Gasteiger partial charge in [0.25, 0.3) is 0 Å². The van der Waals surface area contributed by atoms with Crippen LogP contribution in [0.4, 0.5) is 4.39 Å². The molecule has 0 radical (unpaired) electrons. The molecular formula is C21H34FIN6. The van der Waals surface area contributed by atoms with Crippen molar-refractivity contribution in [2.45, 2.75) is 13.3 Å². The Morgan fingerprint density at radius 3 is 2.72 bits per heavy atom. The van der Waals surface area contributed by atoms with Crippen LogP contribution in [0.1, 0.15) is 12.5 Å². The number of piperazine rings is 1. The molecule has 8 heteroatoms. The molecule has 1 fully saturated rings. The quantitative estimate of drug-likeness (QED) is 0.301. The van der Waals surface area contributed by atoms with Gasteiger partial charge in [-0.15, -0.1) is 24.0 Å². The molecule has 1 aromatic heterocycles. The predicted octanol–water partition coefficient (Wildman–Crippen LogP) is 2.52. The molecule has 2 heterocycles. The standard InChI is InChI=1S/C21H33FN6.HI/c1-16(15-28-10-8-27(3)9-11-28)13-26-21(23-2)24-7-6-17-14-25-20-5-4-18(22)12-19(17)20;/h4-5,12,14,16,25H,6-11,13,15H2,1-3H3,(H2,23,24,26);1H. The number of hydrogen-bond acceptors (Lipinski definition) is 3. The Hall–Kier alpha value is -1.39. The molecule has 1 atom stereocenters. The Morgan fingerprint density at radius 1 is 1.24 bits per heavy atom. The van der Waals surface area contributed by atoms with E-state index in [4.69, 9.17) is 0 Å². The van der Waals surface area contributed by atoms with E-state index < -0.39 is 0 Å². The average molecular weight is 516 g/mol. The maximum Gasteiger partial charge on any atom is 0.190 e. The van der Waals surface area contributed by atoms with Gasteiger partial charge in [-0.1, -0.05) is 6.92 Å². The molecule has 1 saturated heterocycles. The summed E-state index contributed by atoms with van der Waals surface area (Å²) in [5, 5.41) is 7.74. The zero-order chi connectivity index (χ0) is 19.9. The van der Waals surface area contributed by atoms with Crippen LogP contribution in [0.2, 0.25) is 0 Å². The first kappa shape index (κ1) is 23.9. The lowest BCUT2D eigenvalue weighted by Crippen LogP contribution is -2.47. The van der Waals surface area contributed by atoms with Gasteiger partial charge in [-0.2, -0.15) is 0 Å². The maximum atomic E-state index is 13.5. The SMILES string of the molecule is CN=C(NCCc1c[nH]c2ccc(F)cc12)NCC(C)CN1CCN(C)CC1.I. The molecule has 0 amide bonds. The highest BCUT2D eigenvalue weighted by Crippen LogP contribution is 2.19. The van der Waals surface area contributed by atoms with Gasteiger partial charge in [0.05, 0.1) is 0 Å². The first-order valence-electron chi connectivity index (χ1n) is 10.2. The van der Waals surface area contributed by atoms with Crippen LogP contribution in [0, 0.1) is 11.7 Å². The Labute approximate surface area is 190 Å². The predicted molar refractivity (Wildman–Crippen MR) is 130 cm³/mol. The van der Waals surface area contributed by atoms with E-state index in [2.05, 4.69) is 44.4 Å². The number of aromatic nitrogens is 1. The van der Waals surface area contributed by atoms with E-state index in [-0.39, 0.29) is 29.8 Å². The number of rotatable bonds is 7. The minimum Gasteiger partial charge on any atom is -0.361 e. The third-order valence-corrected chi connectivity index (χ3v) is 5.42. The molecule has 2 aromatic rings. The van der Waals surface area contributed by atoms with E-state index in [1.165, 1.54) is 6.07 Å². The second-order valence-electron chi connectivity index (χ2n) is 7.84. The number of aromatic amines is 1. The Morgan fingerprint density at radius 2 is 2.00 bits per heavy atom.